The fourth-order valence-electron chi connectivity index (χ4n) is 2.34. The van der Waals surface area contributed by atoms with Gasteiger partial charge < -0.3 is 19.5 Å². The second kappa shape index (κ2) is 9.11. The van der Waals surface area contributed by atoms with Crippen LogP contribution in [0, 0.1) is 0 Å². The van der Waals surface area contributed by atoms with Gasteiger partial charge in [-0.2, -0.15) is 0 Å². The van der Waals surface area contributed by atoms with Crippen molar-refractivity contribution >= 4 is 12.2 Å². The molecule has 4 nitrogen and oxygen atoms in total. The van der Waals surface area contributed by atoms with Gasteiger partial charge in [-0.05, 0) is 37.9 Å². The highest BCUT2D eigenvalue weighted by atomic mass is 16.5. The van der Waals surface area contributed by atoms with Crippen LogP contribution in [0.1, 0.15) is 11.1 Å². The smallest absolute Gasteiger partial charge is 0.126 e. The van der Waals surface area contributed by atoms with Crippen LogP contribution in [0.5, 0.6) is 11.5 Å². The number of likely N-dealkylation sites (N-methyl/N-ethyl adjacent to an activating group) is 1. The number of hydrogen-bond acceptors (Lipinski definition) is 4. The molecule has 0 aliphatic rings. The molecular formula is C20H25NO3. The molecule has 2 rings (SSSR count). The predicted molar refractivity (Wildman–Crippen MR) is 98.4 cm³/mol. The zero-order valence-corrected chi connectivity index (χ0v) is 14.5. The molecule has 4 heteroatoms. The number of methoxy groups -OCH3 is 1. The Morgan fingerprint density at radius 3 is 2.62 bits per heavy atom. The summed E-state index contributed by atoms with van der Waals surface area (Å²) in [6.45, 7) is 0.837. The number of hydrogen-bond donors (Lipinski definition) is 1. The van der Waals surface area contributed by atoms with Crippen molar-refractivity contribution in [3.63, 3.8) is 0 Å². The second-order valence-corrected chi connectivity index (χ2v) is 5.87. The van der Waals surface area contributed by atoms with Crippen LogP contribution in [0.2, 0.25) is 0 Å². The Kier molecular flexibility index (Phi) is 6.85. The lowest BCUT2D eigenvalue weighted by atomic mass is 10.1. The monoisotopic (exact) mass is 327 g/mol. The topological polar surface area (TPSA) is 41.9 Å². The van der Waals surface area contributed by atoms with E-state index < -0.39 is 6.10 Å². The molecule has 0 heterocycles. The molecule has 0 saturated heterocycles. The molecule has 128 valence electrons. The number of rotatable bonds is 8. The molecule has 24 heavy (non-hydrogen) atoms. The summed E-state index contributed by atoms with van der Waals surface area (Å²) in [4.78, 5) is 1.93. The first-order valence-corrected chi connectivity index (χ1v) is 7.95. The zero-order chi connectivity index (χ0) is 17.4. The minimum absolute atomic E-state index is 0.266. The van der Waals surface area contributed by atoms with Gasteiger partial charge in [0.1, 0.15) is 24.2 Å². The number of nitrogens with zero attached hydrogens (tertiary/aromatic N) is 1. The number of aliphatic hydroxyl groups excluding tert-OH is 1. The number of para-hydroxylation sites is 1. The average molecular weight is 327 g/mol. The van der Waals surface area contributed by atoms with Crippen molar-refractivity contribution in [1.82, 2.24) is 4.90 Å². The van der Waals surface area contributed by atoms with Crippen LogP contribution >= 0.6 is 0 Å². The van der Waals surface area contributed by atoms with Crippen LogP contribution in [-0.2, 0) is 0 Å². The van der Waals surface area contributed by atoms with E-state index in [2.05, 4.69) is 0 Å². The molecule has 0 aliphatic heterocycles. The van der Waals surface area contributed by atoms with Crippen molar-refractivity contribution in [2.45, 2.75) is 6.10 Å². The molecule has 2 aromatic rings. The Morgan fingerprint density at radius 1 is 1.08 bits per heavy atom. The van der Waals surface area contributed by atoms with Gasteiger partial charge in [-0.15, -0.1) is 0 Å². The number of aliphatic hydroxyl groups is 1. The van der Waals surface area contributed by atoms with Crippen molar-refractivity contribution in [2.75, 3.05) is 34.4 Å². The molecule has 1 N–H and O–H groups in total. The van der Waals surface area contributed by atoms with Gasteiger partial charge in [0, 0.05) is 12.1 Å². The maximum Gasteiger partial charge on any atom is 0.126 e. The summed E-state index contributed by atoms with van der Waals surface area (Å²) < 4.78 is 11.0. The standard InChI is InChI=1S/C20H25NO3/c1-21(2)14-18(22)15-24-20-10-5-4-8-17(20)12-11-16-7-6-9-19(13-16)23-3/h4-13,18,22H,14-15H2,1-3H3/b12-11+. The lowest BCUT2D eigenvalue weighted by Gasteiger charge is -2.17. The third kappa shape index (κ3) is 5.72. The van der Waals surface area contributed by atoms with E-state index in [0.29, 0.717) is 6.54 Å². The summed E-state index contributed by atoms with van der Waals surface area (Å²) in [5.74, 6) is 1.59. The highest BCUT2D eigenvalue weighted by molar-refractivity contribution is 5.72. The van der Waals surface area contributed by atoms with Crippen LogP contribution in [0.4, 0.5) is 0 Å². The van der Waals surface area contributed by atoms with Crippen molar-refractivity contribution in [2.24, 2.45) is 0 Å². The zero-order valence-electron chi connectivity index (χ0n) is 14.5. The summed E-state index contributed by atoms with van der Waals surface area (Å²) in [7, 11) is 5.51. The Labute approximate surface area is 143 Å². The Hall–Kier alpha value is -2.30. The van der Waals surface area contributed by atoms with Gasteiger partial charge in [-0.1, -0.05) is 42.5 Å². The van der Waals surface area contributed by atoms with E-state index in [1.54, 1.807) is 7.11 Å². The van der Waals surface area contributed by atoms with E-state index in [4.69, 9.17) is 9.47 Å². The Balaban J connectivity index is 2.06. The minimum Gasteiger partial charge on any atom is -0.497 e. The van der Waals surface area contributed by atoms with E-state index in [9.17, 15) is 5.11 Å². The van der Waals surface area contributed by atoms with Gasteiger partial charge in [0.25, 0.3) is 0 Å². The molecule has 1 atom stereocenters. The predicted octanol–water partition coefficient (Wildman–Crippen LogP) is 3.17. The molecule has 0 aromatic heterocycles. The third-order valence-corrected chi connectivity index (χ3v) is 3.48. The normalized spacial score (nSPS) is 12.5. The first-order chi connectivity index (χ1) is 11.6. The fraction of sp³-hybridized carbons (Fsp3) is 0.300. The van der Waals surface area contributed by atoms with Crippen LogP contribution in [0.15, 0.2) is 48.5 Å². The SMILES string of the molecule is COc1cccc(/C=C/c2ccccc2OCC(O)CN(C)C)c1. The van der Waals surface area contributed by atoms with Crippen LogP contribution in [0.3, 0.4) is 0 Å². The molecule has 0 fully saturated rings. The molecular weight excluding hydrogens is 302 g/mol. The lowest BCUT2D eigenvalue weighted by Crippen LogP contribution is -2.30. The van der Waals surface area contributed by atoms with Gasteiger partial charge >= 0.3 is 0 Å². The quantitative estimate of drug-likeness (QED) is 0.756. The molecule has 0 aliphatic carbocycles. The molecule has 0 amide bonds. The minimum atomic E-state index is -0.518. The molecule has 0 spiro atoms. The third-order valence-electron chi connectivity index (χ3n) is 3.48. The van der Waals surface area contributed by atoms with Gasteiger partial charge in [0.2, 0.25) is 0 Å². The summed E-state index contributed by atoms with van der Waals surface area (Å²) in [6, 6.07) is 15.7. The number of benzene rings is 2. The van der Waals surface area contributed by atoms with Crippen molar-refractivity contribution in [3.05, 3.63) is 59.7 Å². The van der Waals surface area contributed by atoms with Crippen LogP contribution in [-0.4, -0.2) is 50.5 Å². The average Bonchev–Trinajstić information content (AvgIpc) is 2.58. The summed E-state index contributed by atoms with van der Waals surface area (Å²) >= 11 is 0. The van der Waals surface area contributed by atoms with Crippen LogP contribution in [0.25, 0.3) is 12.2 Å². The second-order valence-electron chi connectivity index (χ2n) is 5.87. The Morgan fingerprint density at radius 2 is 1.88 bits per heavy atom. The van der Waals surface area contributed by atoms with E-state index in [0.717, 1.165) is 22.6 Å². The molecule has 2 aromatic carbocycles. The van der Waals surface area contributed by atoms with Crippen molar-refractivity contribution in [1.29, 1.82) is 0 Å². The Bertz CT molecular complexity index is 667. The molecule has 1 unspecified atom stereocenters. The van der Waals surface area contributed by atoms with Gasteiger partial charge in [-0.3, -0.25) is 0 Å². The van der Waals surface area contributed by atoms with Gasteiger partial charge in [-0.25, -0.2) is 0 Å². The summed E-state index contributed by atoms with van der Waals surface area (Å²) in [5.41, 5.74) is 2.02. The van der Waals surface area contributed by atoms with E-state index >= 15 is 0 Å². The highest BCUT2D eigenvalue weighted by Crippen LogP contribution is 2.22. The van der Waals surface area contributed by atoms with Crippen molar-refractivity contribution in [3.8, 4) is 11.5 Å². The number of ether oxygens (including phenoxy) is 2. The van der Waals surface area contributed by atoms with Gasteiger partial charge in [0.05, 0.1) is 7.11 Å². The van der Waals surface area contributed by atoms with Crippen LogP contribution < -0.4 is 9.47 Å². The van der Waals surface area contributed by atoms with E-state index in [1.807, 2.05) is 79.7 Å². The van der Waals surface area contributed by atoms with Gasteiger partial charge in [0.15, 0.2) is 0 Å². The lowest BCUT2D eigenvalue weighted by molar-refractivity contribution is 0.0830. The first-order valence-electron chi connectivity index (χ1n) is 7.95. The van der Waals surface area contributed by atoms with E-state index in [1.165, 1.54) is 0 Å². The first kappa shape index (κ1) is 18.0. The fourth-order valence-corrected chi connectivity index (χ4v) is 2.34. The molecule has 0 radical (unpaired) electrons. The summed E-state index contributed by atoms with van der Waals surface area (Å²) in [6.07, 6.45) is 3.50. The molecule has 0 bridgehead atoms. The molecule has 0 saturated carbocycles. The van der Waals surface area contributed by atoms with E-state index in [-0.39, 0.29) is 6.61 Å². The summed E-state index contributed by atoms with van der Waals surface area (Å²) in [5, 5.41) is 9.94. The highest BCUT2D eigenvalue weighted by Gasteiger charge is 2.08. The largest absolute Gasteiger partial charge is 0.497 e. The maximum absolute atomic E-state index is 9.94. The van der Waals surface area contributed by atoms with Crippen molar-refractivity contribution < 1.29 is 14.6 Å². The maximum atomic E-state index is 9.94.